The van der Waals surface area contributed by atoms with Crippen molar-refractivity contribution in [2.24, 2.45) is 0 Å². The molecule has 5 nitrogen and oxygen atoms in total. The van der Waals surface area contributed by atoms with Crippen LogP contribution in [-0.2, 0) is 4.74 Å². The quantitative estimate of drug-likeness (QED) is 0.586. The number of benzene rings is 1. The van der Waals surface area contributed by atoms with Gasteiger partial charge in [0.25, 0.3) is 0 Å². The van der Waals surface area contributed by atoms with Crippen molar-refractivity contribution in [2.45, 2.75) is 0 Å². The van der Waals surface area contributed by atoms with Gasteiger partial charge in [-0.25, -0.2) is 9.78 Å². The minimum Gasteiger partial charge on any atom is -0.465 e. The monoisotopic (exact) mass is 319 g/mol. The van der Waals surface area contributed by atoms with Crippen LogP contribution < -0.4 is 5.32 Å². The summed E-state index contributed by atoms with van der Waals surface area (Å²) in [5, 5.41) is 6.14. The highest BCUT2D eigenvalue weighted by Gasteiger charge is 2.10. The number of ether oxygens (including phenoxy) is 1. The molecule has 3 rings (SSSR count). The van der Waals surface area contributed by atoms with E-state index in [9.17, 15) is 4.79 Å². The number of fused-ring (bicyclic) bond motifs is 1. The highest BCUT2D eigenvalue weighted by molar-refractivity contribution is 7.16. The lowest BCUT2D eigenvalue weighted by atomic mass is 10.2. The van der Waals surface area contributed by atoms with Crippen molar-refractivity contribution in [1.82, 2.24) is 9.97 Å². The fourth-order valence-corrected chi connectivity index (χ4v) is 2.89. The topological polar surface area (TPSA) is 64.1 Å². The standard InChI is InChI=1S/C14H10ClN3O2S/c1-20-13(19)8-3-2-4-9(7-8)16-11-10-5-6-21-12(10)18-14(15)17-11/h2-7H,1H3,(H,16,17,18). The molecule has 1 N–H and O–H groups in total. The number of nitrogens with one attached hydrogen (secondary N) is 1. The number of anilines is 2. The zero-order chi connectivity index (χ0) is 14.8. The fourth-order valence-electron chi connectivity index (χ4n) is 1.90. The highest BCUT2D eigenvalue weighted by Crippen LogP contribution is 2.28. The summed E-state index contributed by atoms with van der Waals surface area (Å²) in [6, 6.07) is 8.90. The molecule has 0 spiro atoms. The van der Waals surface area contributed by atoms with Crippen LogP contribution in [0.5, 0.6) is 0 Å². The van der Waals surface area contributed by atoms with E-state index in [2.05, 4.69) is 15.3 Å². The first-order chi connectivity index (χ1) is 10.2. The summed E-state index contributed by atoms with van der Waals surface area (Å²) in [5.41, 5.74) is 1.18. The number of carbonyl (C=O) groups is 1. The number of esters is 1. The first-order valence-electron chi connectivity index (χ1n) is 6.03. The van der Waals surface area contributed by atoms with E-state index in [1.807, 2.05) is 17.5 Å². The molecule has 0 amide bonds. The van der Waals surface area contributed by atoms with Crippen LogP contribution in [0.2, 0.25) is 5.28 Å². The summed E-state index contributed by atoms with van der Waals surface area (Å²) >= 11 is 7.41. The van der Waals surface area contributed by atoms with E-state index in [0.717, 1.165) is 15.9 Å². The summed E-state index contributed by atoms with van der Waals surface area (Å²) in [7, 11) is 1.35. The predicted molar refractivity (Wildman–Crippen MR) is 83.5 cm³/mol. The average Bonchev–Trinajstić information content (AvgIpc) is 2.95. The van der Waals surface area contributed by atoms with Gasteiger partial charge in [0.1, 0.15) is 10.6 Å². The molecule has 0 bridgehead atoms. The molecule has 0 unspecified atom stereocenters. The van der Waals surface area contributed by atoms with Crippen LogP contribution >= 0.6 is 22.9 Å². The second-order valence-corrected chi connectivity index (χ2v) is 5.41. The maximum Gasteiger partial charge on any atom is 0.337 e. The van der Waals surface area contributed by atoms with Crippen molar-refractivity contribution in [3.8, 4) is 0 Å². The molecule has 0 aliphatic rings. The number of thiophene rings is 1. The number of hydrogen-bond donors (Lipinski definition) is 1. The Morgan fingerprint density at radius 2 is 2.19 bits per heavy atom. The molecule has 106 valence electrons. The van der Waals surface area contributed by atoms with Crippen molar-refractivity contribution >= 4 is 50.6 Å². The van der Waals surface area contributed by atoms with Crippen molar-refractivity contribution in [3.05, 3.63) is 46.6 Å². The van der Waals surface area contributed by atoms with Gasteiger partial charge in [-0.1, -0.05) is 6.07 Å². The maximum absolute atomic E-state index is 11.5. The molecular formula is C14H10ClN3O2S. The Morgan fingerprint density at radius 1 is 1.33 bits per heavy atom. The van der Waals surface area contributed by atoms with E-state index >= 15 is 0 Å². The average molecular weight is 320 g/mol. The second-order valence-electron chi connectivity index (χ2n) is 4.18. The largest absolute Gasteiger partial charge is 0.465 e. The Balaban J connectivity index is 1.99. The van der Waals surface area contributed by atoms with Gasteiger partial charge >= 0.3 is 5.97 Å². The third-order valence-electron chi connectivity index (χ3n) is 2.84. The van der Waals surface area contributed by atoms with E-state index < -0.39 is 0 Å². The minimum absolute atomic E-state index is 0.177. The van der Waals surface area contributed by atoms with Gasteiger partial charge in [-0.05, 0) is 41.2 Å². The molecule has 3 aromatic rings. The normalized spacial score (nSPS) is 10.6. The van der Waals surface area contributed by atoms with Gasteiger partial charge < -0.3 is 10.1 Å². The number of rotatable bonds is 3. The molecule has 0 radical (unpaired) electrons. The van der Waals surface area contributed by atoms with Gasteiger partial charge in [-0.2, -0.15) is 4.98 Å². The molecule has 2 aromatic heterocycles. The Hall–Kier alpha value is -2.18. The summed E-state index contributed by atoms with van der Waals surface area (Å²) in [6.07, 6.45) is 0. The van der Waals surface area contributed by atoms with Gasteiger partial charge in [-0.15, -0.1) is 11.3 Å². The lowest BCUT2D eigenvalue weighted by Gasteiger charge is -2.08. The summed E-state index contributed by atoms with van der Waals surface area (Å²) in [5.74, 6) is 0.216. The first-order valence-corrected chi connectivity index (χ1v) is 7.29. The van der Waals surface area contributed by atoms with E-state index in [-0.39, 0.29) is 11.3 Å². The third-order valence-corrected chi connectivity index (χ3v) is 3.82. The van der Waals surface area contributed by atoms with Crippen LogP contribution in [0.25, 0.3) is 10.2 Å². The van der Waals surface area contributed by atoms with Gasteiger partial charge in [-0.3, -0.25) is 0 Å². The van der Waals surface area contributed by atoms with E-state index in [1.54, 1.807) is 18.2 Å². The number of halogens is 1. The first kappa shape index (κ1) is 13.8. The molecule has 0 atom stereocenters. The zero-order valence-electron chi connectivity index (χ0n) is 11.0. The van der Waals surface area contributed by atoms with Crippen LogP contribution in [-0.4, -0.2) is 23.0 Å². The van der Waals surface area contributed by atoms with Gasteiger partial charge in [0.2, 0.25) is 5.28 Å². The third kappa shape index (κ3) is 2.81. The van der Waals surface area contributed by atoms with Crippen molar-refractivity contribution < 1.29 is 9.53 Å². The zero-order valence-corrected chi connectivity index (χ0v) is 12.5. The van der Waals surface area contributed by atoms with E-state index in [4.69, 9.17) is 16.3 Å². The number of hydrogen-bond acceptors (Lipinski definition) is 6. The second kappa shape index (κ2) is 5.67. The van der Waals surface area contributed by atoms with E-state index in [1.165, 1.54) is 18.4 Å². The van der Waals surface area contributed by atoms with Crippen LogP contribution in [0.15, 0.2) is 35.7 Å². The molecule has 0 saturated heterocycles. The molecule has 0 fully saturated rings. The molecule has 0 aliphatic carbocycles. The van der Waals surface area contributed by atoms with Gasteiger partial charge in [0.05, 0.1) is 18.1 Å². The van der Waals surface area contributed by atoms with Crippen LogP contribution in [0.1, 0.15) is 10.4 Å². The van der Waals surface area contributed by atoms with Crippen LogP contribution in [0, 0.1) is 0 Å². The van der Waals surface area contributed by atoms with Gasteiger partial charge in [0.15, 0.2) is 0 Å². The van der Waals surface area contributed by atoms with Crippen LogP contribution in [0.3, 0.4) is 0 Å². The molecular weight excluding hydrogens is 310 g/mol. The minimum atomic E-state index is -0.389. The molecule has 2 heterocycles. The summed E-state index contributed by atoms with van der Waals surface area (Å²) in [6.45, 7) is 0. The number of carbonyl (C=O) groups excluding carboxylic acids is 1. The summed E-state index contributed by atoms with van der Waals surface area (Å²) < 4.78 is 4.71. The van der Waals surface area contributed by atoms with Crippen molar-refractivity contribution in [3.63, 3.8) is 0 Å². The molecule has 21 heavy (non-hydrogen) atoms. The Morgan fingerprint density at radius 3 is 3.00 bits per heavy atom. The Bertz CT molecular complexity index is 819. The van der Waals surface area contributed by atoms with Gasteiger partial charge in [0, 0.05) is 5.69 Å². The summed E-state index contributed by atoms with van der Waals surface area (Å²) in [4.78, 5) is 20.7. The number of nitrogens with zero attached hydrogens (tertiary/aromatic N) is 2. The maximum atomic E-state index is 11.5. The van der Waals surface area contributed by atoms with E-state index in [0.29, 0.717) is 11.4 Å². The Labute approximate surface area is 129 Å². The molecule has 7 heteroatoms. The fraction of sp³-hybridized carbons (Fsp3) is 0.0714. The van der Waals surface area contributed by atoms with Crippen molar-refractivity contribution in [1.29, 1.82) is 0 Å². The smallest absolute Gasteiger partial charge is 0.337 e. The van der Waals surface area contributed by atoms with Crippen LogP contribution in [0.4, 0.5) is 11.5 Å². The predicted octanol–water partition coefficient (Wildman–Crippen LogP) is 3.87. The lowest BCUT2D eigenvalue weighted by molar-refractivity contribution is 0.0601. The Kier molecular flexibility index (Phi) is 3.72. The SMILES string of the molecule is COC(=O)c1cccc(Nc2nc(Cl)nc3sccc23)c1. The lowest BCUT2D eigenvalue weighted by Crippen LogP contribution is -2.02. The molecule has 0 aliphatic heterocycles. The molecule has 0 saturated carbocycles. The number of aromatic nitrogens is 2. The number of methoxy groups -OCH3 is 1. The highest BCUT2D eigenvalue weighted by atomic mass is 35.5. The van der Waals surface area contributed by atoms with Crippen molar-refractivity contribution in [2.75, 3.05) is 12.4 Å². The molecule has 1 aromatic carbocycles.